The number of Topliss-reactive ketones (excluding diaryl/α,β-unsaturated/α-hetero) is 1. The molecule has 0 fully saturated rings. The minimum Gasteiger partial charge on any atom is -0.454 e. The van der Waals surface area contributed by atoms with Gasteiger partial charge in [0.1, 0.15) is 0 Å². The lowest BCUT2D eigenvalue weighted by Gasteiger charge is -2.35. The van der Waals surface area contributed by atoms with Crippen LogP contribution in [0.25, 0.3) is 0 Å². The predicted molar refractivity (Wildman–Crippen MR) is 89.6 cm³/mol. The van der Waals surface area contributed by atoms with Crippen LogP contribution in [-0.2, 0) is 0 Å². The van der Waals surface area contributed by atoms with Crippen molar-refractivity contribution in [3.63, 3.8) is 0 Å². The standard InChI is InChI=1S/C20H18O5/c1-10-11(2)20(21)14-7-18-17(24-9-25-18)6-13(14)19(10)12-3-4-15-16(5-12)23-8-22-15/h3-7,10-11,19H,8-9H2,1-2H3/t10-,11+,19-/m1/s1. The van der Waals surface area contributed by atoms with Crippen LogP contribution in [0.15, 0.2) is 30.3 Å². The fourth-order valence-corrected chi connectivity index (χ4v) is 4.07. The molecule has 5 heteroatoms. The van der Waals surface area contributed by atoms with E-state index in [1.165, 1.54) is 0 Å². The molecule has 0 amide bonds. The number of hydrogen-bond donors (Lipinski definition) is 0. The third-order valence-corrected chi connectivity index (χ3v) is 5.63. The van der Waals surface area contributed by atoms with Crippen molar-refractivity contribution >= 4 is 5.78 Å². The average Bonchev–Trinajstić information content (AvgIpc) is 3.26. The number of fused-ring (bicyclic) bond motifs is 3. The van der Waals surface area contributed by atoms with Crippen LogP contribution in [-0.4, -0.2) is 19.4 Å². The summed E-state index contributed by atoms with van der Waals surface area (Å²) in [5.41, 5.74) is 2.85. The molecule has 1 aliphatic carbocycles. The van der Waals surface area contributed by atoms with E-state index in [9.17, 15) is 4.79 Å². The maximum Gasteiger partial charge on any atom is 0.231 e. The van der Waals surface area contributed by atoms with Gasteiger partial charge in [0.05, 0.1) is 0 Å². The van der Waals surface area contributed by atoms with E-state index in [0.29, 0.717) is 11.5 Å². The highest BCUT2D eigenvalue weighted by molar-refractivity contribution is 6.01. The molecule has 2 aromatic rings. The molecule has 0 spiro atoms. The van der Waals surface area contributed by atoms with Crippen LogP contribution < -0.4 is 18.9 Å². The van der Waals surface area contributed by atoms with Crippen molar-refractivity contribution < 1.29 is 23.7 Å². The Kier molecular flexibility index (Phi) is 3.02. The van der Waals surface area contributed by atoms with Crippen molar-refractivity contribution in [2.24, 2.45) is 11.8 Å². The van der Waals surface area contributed by atoms with E-state index in [-0.39, 0.29) is 37.1 Å². The van der Waals surface area contributed by atoms with Gasteiger partial charge in [0, 0.05) is 17.4 Å². The molecule has 2 aliphatic heterocycles. The van der Waals surface area contributed by atoms with E-state index in [4.69, 9.17) is 18.9 Å². The van der Waals surface area contributed by atoms with E-state index in [1.54, 1.807) is 0 Å². The van der Waals surface area contributed by atoms with Crippen LogP contribution in [0.1, 0.15) is 41.3 Å². The lowest BCUT2D eigenvalue weighted by molar-refractivity contribution is 0.0866. The van der Waals surface area contributed by atoms with Gasteiger partial charge in [-0.25, -0.2) is 0 Å². The average molecular weight is 338 g/mol. The van der Waals surface area contributed by atoms with Crippen LogP contribution in [0.2, 0.25) is 0 Å². The zero-order valence-electron chi connectivity index (χ0n) is 14.1. The topological polar surface area (TPSA) is 54.0 Å². The zero-order chi connectivity index (χ0) is 17.1. The first-order valence-corrected chi connectivity index (χ1v) is 8.51. The Bertz CT molecular complexity index is 888. The third kappa shape index (κ3) is 2.05. The van der Waals surface area contributed by atoms with Gasteiger partial charge >= 0.3 is 0 Å². The van der Waals surface area contributed by atoms with Crippen molar-refractivity contribution in [2.45, 2.75) is 19.8 Å². The number of ether oxygens (including phenoxy) is 4. The van der Waals surface area contributed by atoms with Crippen molar-refractivity contribution in [3.05, 3.63) is 47.0 Å². The van der Waals surface area contributed by atoms with Crippen LogP contribution in [0.5, 0.6) is 23.0 Å². The molecule has 5 rings (SSSR count). The Morgan fingerprint density at radius 2 is 1.48 bits per heavy atom. The Balaban J connectivity index is 1.69. The fourth-order valence-electron chi connectivity index (χ4n) is 4.07. The number of ketones is 1. The summed E-state index contributed by atoms with van der Waals surface area (Å²) in [6.07, 6.45) is 0. The quantitative estimate of drug-likeness (QED) is 0.793. The van der Waals surface area contributed by atoms with Crippen LogP contribution in [0.3, 0.4) is 0 Å². The summed E-state index contributed by atoms with van der Waals surface area (Å²) in [5.74, 6) is 3.24. The predicted octanol–water partition coefficient (Wildman–Crippen LogP) is 3.74. The maximum absolute atomic E-state index is 12.8. The van der Waals surface area contributed by atoms with E-state index < -0.39 is 0 Å². The summed E-state index contributed by atoms with van der Waals surface area (Å²) in [7, 11) is 0. The first kappa shape index (κ1) is 14.6. The lowest BCUT2D eigenvalue weighted by Crippen LogP contribution is -2.32. The summed E-state index contributed by atoms with van der Waals surface area (Å²) in [4.78, 5) is 12.8. The SMILES string of the molecule is C[C@H]1[C@H](c2ccc3c(c2)OCO3)c2cc3c(cc2C(=O)[C@H]1C)OCO3. The molecular formula is C20H18O5. The summed E-state index contributed by atoms with van der Waals surface area (Å²) in [5, 5.41) is 0. The Morgan fingerprint density at radius 3 is 2.24 bits per heavy atom. The van der Waals surface area contributed by atoms with E-state index in [0.717, 1.165) is 28.2 Å². The molecule has 0 aromatic heterocycles. The smallest absolute Gasteiger partial charge is 0.231 e. The van der Waals surface area contributed by atoms with Gasteiger partial charge in [-0.1, -0.05) is 19.9 Å². The van der Waals surface area contributed by atoms with Crippen molar-refractivity contribution in [1.29, 1.82) is 0 Å². The fraction of sp³-hybridized carbons (Fsp3) is 0.350. The zero-order valence-corrected chi connectivity index (χ0v) is 14.1. The number of carbonyl (C=O) groups is 1. The maximum atomic E-state index is 12.8. The number of rotatable bonds is 1. The van der Waals surface area contributed by atoms with Gasteiger partial charge in [-0.15, -0.1) is 0 Å². The normalized spacial score (nSPS) is 25.8. The second-order valence-electron chi connectivity index (χ2n) is 6.90. The van der Waals surface area contributed by atoms with Crippen molar-refractivity contribution in [1.82, 2.24) is 0 Å². The molecule has 3 aliphatic rings. The van der Waals surface area contributed by atoms with Crippen LogP contribution in [0, 0.1) is 11.8 Å². The van der Waals surface area contributed by atoms with Gasteiger partial charge in [0.2, 0.25) is 13.6 Å². The van der Waals surface area contributed by atoms with Gasteiger partial charge in [-0.05, 0) is 41.3 Å². The third-order valence-electron chi connectivity index (χ3n) is 5.63. The van der Waals surface area contributed by atoms with Gasteiger partial charge < -0.3 is 18.9 Å². The van der Waals surface area contributed by atoms with Gasteiger partial charge in [-0.2, -0.15) is 0 Å². The van der Waals surface area contributed by atoms with Gasteiger partial charge in [0.15, 0.2) is 28.8 Å². The molecule has 0 saturated carbocycles. The summed E-state index contributed by atoms with van der Waals surface area (Å²) in [6, 6.07) is 9.83. The molecule has 0 unspecified atom stereocenters. The second kappa shape index (κ2) is 5.15. The molecule has 0 radical (unpaired) electrons. The van der Waals surface area contributed by atoms with Gasteiger partial charge in [-0.3, -0.25) is 4.79 Å². The molecule has 0 bridgehead atoms. The minimum atomic E-state index is -0.0664. The molecule has 0 N–H and O–H groups in total. The highest BCUT2D eigenvalue weighted by Gasteiger charge is 2.40. The number of hydrogen-bond acceptors (Lipinski definition) is 5. The highest BCUT2D eigenvalue weighted by Crippen LogP contribution is 2.49. The molecule has 2 heterocycles. The Hall–Kier alpha value is -2.69. The largest absolute Gasteiger partial charge is 0.454 e. The molecule has 0 saturated heterocycles. The first-order chi connectivity index (χ1) is 12.1. The number of carbonyl (C=O) groups excluding carboxylic acids is 1. The second-order valence-corrected chi connectivity index (χ2v) is 6.90. The first-order valence-electron chi connectivity index (χ1n) is 8.51. The van der Waals surface area contributed by atoms with Gasteiger partial charge in [0.25, 0.3) is 0 Å². The summed E-state index contributed by atoms with van der Waals surface area (Å²) in [6.45, 7) is 4.58. The minimum absolute atomic E-state index is 0.0664. The van der Waals surface area contributed by atoms with Crippen molar-refractivity contribution in [3.8, 4) is 23.0 Å². The van der Waals surface area contributed by atoms with E-state index in [1.807, 2.05) is 31.2 Å². The molecule has 5 nitrogen and oxygen atoms in total. The lowest BCUT2D eigenvalue weighted by atomic mass is 9.67. The van der Waals surface area contributed by atoms with E-state index in [2.05, 4.69) is 13.0 Å². The van der Waals surface area contributed by atoms with Crippen LogP contribution in [0.4, 0.5) is 0 Å². The summed E-state index contributed by atoms with van der Waals surface area (Å²) < 4.78 is 22.0. The number of benzene rings is 2. The molecule has 2 aromatic carbocycles. The molecular weight excluding hydrogens is 320 g/mol. The van der Waals surface area contributed by atoms with Crippen LogP contribution >= 0.6 is 0 Å². The molecule has 3 atom stereocenters. The highest BCUT2D eigenvalue weighted by atomic mass is 16.7. The van der Waals surface area contributed by atoms with E-state index >= 15 is 0 Å². The van der Waals surface area contributed by atoms with Crippen molar-refractivity contribution in [2.75, 3.05) is 13.6 Å². The molecule has 128 valence electrons. The Morgan fingerprint density at radius 1 is 0.840 bits per heavy atom. The summed E-state index contributed by atoms with van der Waals surface area (Å²) >= 11 is 0. The monoisotopic (exact) mass is 338 g/mol. The Labute approximate surface area is 145 Å². The molecule has 25 heavy (non-hydrogen) atoms.